The van der Waals surface area contributed by atoms with Crippen molar-refractivity contribution in [2.75, 3.05) is 21.3 Å². The minimum absolute atomic E-state index is 0.280. The largest absolute Gasteiger partial charge is 0.497 e. The van der Waals surface area contributed by atoms with Gasteiger partial charge in [0.1, 0.15) is 5.75 Å². The quantitative estimate of drug-likeness (QED) is 0.434. The first-order chi connectivity index (χ1) is 16.1. The van der Waals surface area contributed by atoms with E-state index in [2.05, 4.69) is 10.4 Å². The summed E-state index contributed by atoms with van der Waals surface area (Å²) < 4.78 is 17.8. The summed E-state index contributed by atoms with van der Waals surface area (Å²) in [4.78, 5) is 13.2. The molecule has 0 fully saturated rings. The average Bonchev–Trinajstić information content (AvgIpc) is 3.33. The van der Waals surface area contributed by atoms with Crippen molar-refractivity contribution in [1.82, 2.24) is 15.1 Å². The number of rotatable bonds is 8. The normalized spacial score (nSPS) is 10.5. The molecule has 0 saturated carbocycles. The van der Waals surface area contributed by atoms with Crippen molar-refractivity contribution in [3.8, 4) is 34.1 Å². The van der Waals surface area contributed by atoms with Gasteiger partial charge >= 0.3 is 0 Å². The van der Waals surface area contributed by atoms with E-state index < -0.39 is 0 Å². The van der Waals surface area contributed by atoms with E-state index in [1.807, 2.05) is 79.0 Å². The summed E-state index contributed by atoms with van der Waals surface area (Å²) >= 11 is 0. The third-order valence-corrected chi connectivity index (χ3v) is 5.23. The molecule has 0 aliphatic carbocycles. The molecule has 4 rings (SSSR count). The summed E-state index contributed by atoms with van der Waals surface area (Å²) in [6.07, 6.45) is 1.84. The van der Waals surface area contributed by atoms with Crippen molar-refractivity contribution in [1.29, 1.82) is 0 Å². The molecule has 0 radical (unpaired) electrons. The molecule has 1 aromatic heterocycles. The van der Waals surface area contributed by atoms with Crippen LogP contribution in [0.25, 0.3) is 16.8 Å². The van der Waals surface area contributed by atoms with E-state index in [0.29, 0.717) is 29.3 Å². The summed E-state index contributed by atoms with van der Waals surface area (Å²) in [5, 5.41) is 7.58. The second kappa shape index (κ2) is 9.91. The van der Waals surface area contributed by atoms with Crippen LogP contribution in [0.3, 0.4) is 0 Å². The monoisotopic (exact) mass is 443 g/mol. The van der Waals surface area contributed by atoms with Gasteiger partial charge < -0.3 is 19.5 Å². The van der Waals surface area contributed by atoms with Crippen molar-refractivity contribution in [3.63, 3.8) is 0 Å². The number of ether oxygens (including phenoxy) is 3. The van der Waals surface area contributed by atoms with E-state index in [1.165, 1.54) is 0 Å². The first-order valence-electron chi connectivity index (χ1n) is 10.4. The number of carbonyl (C=O) groups excluding carboxylic acids is 1. The minimum atomic E-state index is -0.280. The zero-order chi connectivity index (χ0) is 23.2. The van der Waals surface area contributed by atoms with Crippen LogP contribution in [-0.2, 0) is 6.54 Å². The maximum atomic E-state index is 13.2. The van der Waals surface area contributed by atoms with Crippen molar-refractivity contribution >= 4 is 5.91 Å². The highest BCUT2D eigenvalue weighted by molar-refractivity contribution is 5.99. The van der Waals surface area contributed by atoms with E-state index >= 15 is 0 Å². The van der Waals surface area contributed by atoms with E-state index in [1.54, 1.807) is 26.0 Å². The topological polar surface area (TPSA) is 74.6 Å². The lowest BCUT2D eigenvalue weighted by atomic mass is 10.1. The van der Waals surface area contributed by atoms with Gasteiger partial charge in [0.25, 0.3) is 5.91 Å². The molecule has 0 saturated heterocycles. The van der Waals surface area contributed by atoms with Crippen LogP contribution in [-0.4, -0.2) is 37.0 Å². The Morgan fingerprint density at radius 1 is 0.879 bits per heavy atom. The predicted molar refractivity (Wildman–Crippen MR) is 126 cm³/mol. The number of amides is 1. The van der Waals surface area contributed by atoms with Gasteiger partial charge in [-0.25, -0.2) is 4.68 Å². The molecule has 1 heterocycles. The smallest absolute Gasteiger partial charge is 0.272 e. The Labute approximate surface area is 192 Å². The molecule has 7 heteroatoms. The molecule has 3 aromatic carbocycles. The van der Waals surface area contributed by atoms with Gasteiger partial charge in [0.2, 0.25) is 0 Å². The molecule has 4 aromatic rings. The summed E-state index contributed by atoms with van der Waals surface area (Å²) in [6.45, 7) is 0.347. The standard InChI is InChI=1S/C26H25N3O4/c1-31-21-11-7-8-18(14-21)16-27-26(30)25-22(17-29(28-25)20-9-5-4-6-10-20)19-12-13-23(32-2)24(15-19)33-3/h4-15,17H,16H2,1-3H3,(H,27,30). The molecule has 33 heavy (non-hydrogen) atoms. The molecule has 0 spiro atoms. The molecular formula is C26H25N3O4. The lowest BCUT2D eigenvalue weighted by Gasteiger charge is -2.10. The fourth-order valence-corrected chi connectivity index (χ4v) is 3.52. The Morgan fingerprint density at radius 2 is 1.67 bits per heavy atom. The van der Waals surface area contributed by atoms with Crippen LogP contribution in [0.15, 0.2) is 79.0 Å². The summed E-state index contributed by atoms with van der Waals surface area (Å²) in [6, 6.07) is 22.8. The molecule has 7 nitrogen and oxygen atoms in total. The highest BCUT2D eigenvalue weighted by atomic mass is 16.5. The molecule has 0 atom stereocenters. The molecular weight excluding hydrogens is 418 g/mol. The fraction of sp³-hybridized carbons (Fsp3) is 0.154. The van der Waals surface area contributed by atoms with Gasteiger partial charge in [-0.05, 0) is 47.5 Å². The Morgan fingerprint density at radius 3 is 2.39 bits per heavy atom. The van der Waals surface area contributed by atoms with Crippen LogP contribution < -0.4 is 19.5 Å². The Bertz CT molecular complexity index is 1250. The number of nitrogens with one attached hydrogen (secondary N) is 1. The van der Waals surface area contributed by atoms with Gasteiger partial charge in [0, 0.05) is 18.3 Å². The van der Waals surface area contributed by atoms with Crippen LogP contribution in [0.1, 0.15) is 16.1 Å². The van der Waals surface area contributed by atoms with Gasteiger partial charge in [0.15, 0.2) is 17.2 Å². The lowest BCUT2D eigenvalue weighted by Crippen LogP contribution is -2.24. The van der Waals surface area contributed by atoms with Crippen LogP contribution in [0, 0.1) is 0 Å². The van der Waals surface area contributed by atoms with E-state index in [0.717, 1.165) is 22.6 Å². The van der Waals surface area contributed by atoms with Gasteiger partial charge in [0.05, 0.1) is 27.0 Å². The van der Waals surface area contributed by atoms with Gasteiger partial charge in [-0.15, -0.1) is 0 Å². The summed E-state index contributed by atoms with van der Waals surface area (Å²) in [5.74, 6) is 1.64. The van der Waals surface area contributed by atoms with Crippen LogP contribution in [0.5, 0.6) is 17.2 Å². The van der Waals surface area contributed by atoms with Crippen molar-refractivity contribution in [3.05, 3.63) is 90.3 Å². The molecule has 0 unspecified atom stereocenters. The van der Waals surface area contributed by atoms with Crippen LogP contribution in [0.4, 0.5) is 0 Å². The van der Waals surface area contributed by atoms with E-state index in [4.69, 9.17) is 14.2 Å². The second-order valence-corrected chi connectivity index (χ2v) is 7.28. The summed E-state index contributed by atoms with van der Waals surface area (Å²) in [7, 11) is 4.78. The number of methoxy groups -OCH3 is 3. The summed E-state index contributed by atoms with van der Waals surface area (Å²) in [5.41, 5.74) is 3.57. The molecule has 0 aliphatic rings. The van der Waals surface area contributed by atoms with E-state index in [-0.39, 0.29) is 5.91 Å². The number of aromatic nitrogens is 2. The highest BCUT2D eigenvalue weighted by Crippen LogP contribution is 2.34. The van der Waals surface area contributed by atoms with Crippen LogP contribution >= 0.6 is 0 Å². The van der Waals surface area contributed by atoms with Crippen molar-refractivity contribution in [2.45, 2.75) is 6.54 Å². The maximum absolute atomic E-state index is 13.2. The number of hydrogen-bond acceptors (Lipinski definition) is 5. The van der Waals surface area contributed by atoms with Gasteiger partial charge in [-0.2, -0.15) is 5.10 Å². The minimum Gasteiger partial charge on any atom is -0.497 e. The molecule has 0 bridgehead atoms. The average molecular weight is 444 g/mol. The zero-order valence-electron chi connectivity index (χ0n) is 18.7. The first kappa shape index (κ1) is 22.0. The Kier molecular flexibility index (Phi) is 6.59. The van der Waals surface area contributed by atoms with E-state index in [9.17, 15) is 4.79 Å². The van der Waals surface area contributed by atoms with Gasteiger partial charge in [-0.1, -0.05) is 36.4 Å². The van der Waals surface area contributed by atoms with Crippen LogP contribution in [0.2, 0.25) is 0 Å². The van der Waals surface area contributed by atoms with Crippen molar-refractivity contribution in [2.24, 2.45) is 0 Å². The number of nitrogens with zero attached hydrogens (tertiary/aromatic N) is 2. The number of benzene rings is 3. The molecule has 1 amide bonds. The molecule has 168 valence electrons. The number of hydrogen-bond donors (Lipinski definition) is 1. The SMILES string of the molecule is COc1cccc(CNC(=O)c2nn(-c3ccccc3)cc2-c2ccc(OC)c(OC)c2)c1. The fourth-order valence-electron chi connectivity index (χ4n) is 3.52. The highest BCUT2D eigenvalue weighted by Gasteiger charge is 2.20. The number of para-hydroxylation sites is 1. The number of carbonyl (C=O) groups is 1. The predicted octanol–water partition coefficient (Wildman–Crippen LogP) is 4.50. The lowest BCUT2D eigenvalue weighted by molar-refractivity contribution is 0.0946. The third-order valence-electron chi connectivity index (χ3n) is 5.23. The van der Waals surface area contributed by atoms with Gasteiger partial charge in [-0.3, -0.25) is 4.79 Å². The molecule has 1 N–H and O–H groups in total. The third kappa shape index (κ3) is 4.82. The maximum Gasteiger partial charge on any atom is 0.272 e. The zero-order valence-corrected chi connectivity index (χ0v) is 18.7. The molecule has 0 aliphatic heterocycles. The Balaban J connectivity index is 1.69. The van der Waals surface area contributed by atoms with Crippen molar-refractivity contribution < 1.29 is 19.0 Å². The first-order valence-corrected chi connectivity index (χ1v) is 10.4. The second-order valence-electron chi connectivity index (χ2n) is 7.28. The Hall–Kier alpha value is -4.26.